The van der Waals surface area contributed by atoms with Crippen LogP contribution >= 0.6 is 0 Å². The summed E-state index contributed by atoms with van der Waals surface area (Å²) in [6.07, 6.45) is 3.20. The minimum Gasteiger partial charge on any atom is -0.484 e. The third-order valence-electron chi connectivity index (χ3n) is 5.15. The van der Waals surface area contributed by atoms with E-state index in [1.165, 1.54) is 0 Å². The van der Waals surface area contributed by atoms with Gasteiger partial charge in [0.2, 0.25) is 0 Å². The fourth-order valence-corrected chi connectivity index (χ4v) is 3.68. The number of nitrogens with zero attached hydrogens (tertiary/aromatic N) is 3. The normalized spacial score (nSPS) is 24.1. The number of amides is 1. The third-order valence-corrected chi connectivity index (χ3v) is 5.15. The van der Waals surface area contributed by atoms with Crippen molar-refractivity contribution in [2.45, 2.75) is 37.8 Å². The first-order valence-corrected chi connectivity index (χ1v) is 8.96. The van der Waals surface area contributed by atoms with E-state index in [4.69, 9.17) is 10.00 Å². The summed E-state index contributed by atoms with van der Waals surface area (Å²) in [7, 11) is 0. The second kappa shape index (κ2) is 8.32. The lowest BCUT2D eigenvalue weighted by Crippen LogP contribution is -2.54. The second-order valence-corrected chi connectivity index (χ2v) is 6.75. The number of ether oxygens (including phenoxy) is 1. The Labute approximate surface area is 148 Å². The van der Waals surface area contributed by atoms with E-state index in [1.807, 2.05) is 17.0 Å². The Morgan fingerprint density at radius 3 is 2.52 bits per heavy atom. The van der Waals surface area contributed by atoms with Gasteiger partial charge in [0.1, 0.15) is 5.75 Å². The first-order chi connectivity index (χ1) is 12.2. The molecule has 0 radical (unpaired) electrons. The molecule has 1 aromatic rings. The van der Waals surface area contributed by atoms with Crippen LogP contribution in [-0.4, -0.2) is 65.7 Å². The van der Waals surface area contributed by atoms with Crippen molar-refractivity contribution < 1.29 is 14.6 Å². The minimum atomic E-state index is -0.213. The number of hydrogen-bond acceptors (Lipinski definition) is 5. The summed E-state index contributed by atoms with van der Waals surface area (Å²) in [4.78, 5) is 16.5. The Kier molecular flexibility index (Phi) is 5.90. The first-order valence-electron chi connectivity index (χ1n) is 8.96. The predicted molar refractivity (Wildman–Crippen MR) is 93.1 cm³/mol. The minimum absolute atomic E-state index is 0.00674. The van der Waals surface area contributed by atoms with Crippen LogP contribution in [0.3, 0.4) is 0 Å². The zero-order valence-corrected chi connectivity index (χ0v) is 14.4. The van der Waals surface area contributed by atoms with Gasteiger partial charge in [0.05, 0.1) is 18.6 Å². The number of carbonyl (C=O) groups excluding carboxylic acids is 1. The zero-order valence-electron chi connectivity index (χ0n) is 14.4. The van der Waals surface area contributed by atoms with Crippen LogP contribution in [0.15, 0.2) is 24.3 Å². The van der Waals surface area contributed by atoms with Gasteiger partial charge in [-0.05, 0) is 37.0 Å². The van der Waals surface area contributed by atoms with E-state index in [0.29, 0.717) is 25.3 Å². The van der Waals surface area contributed by atoms with E-state index >= 15 is 0 Å². The average molecular weight is 343 g/mol. The molecule has 3 rings (SSSR count). The standard InChI is InChI=1S/C19H25N3O3/c20-9-8-15-4-6-16(7-5-15)25-14-19(24)22-12-10-21(11-13-22)17-2-1-3-18(17)23/h4-7,17-18,23H,1-3,8,10-14H2. The molecule has 1 amide bonds. The molecule has 1 aliphatic carbocycles. The lowest BCUT2D eigenvalue weighted by molar-refractivity contribution is -0.135. The summed E-state index contributed by atoms with van der Waals surface area (Å²) in [6, 6.07) is 9.63. The number of carbonyl (C=O) groups is 1. The molecule has 2 fully saturated rings. The van der Waals surface area contributed by atoms with Gasteiger partial charge in [-0.2, -0.15) is 5.26 Å². The molecule has 0 aromatic heterocycles. The molecular weight excluding hydrogens is 318 g/mol. The second-order valence-electron chi connectivity index (χ2n) is 6.75. The van der Waals surface area contributed by atoms with Crippen LogP contribution in [0.2, 0.25) is 0 Å². The Balaban J connectivity index is 1.42. The number of rotatable bonds is 5. The summed E-state index contributed by atoms with van der Waals surface area (Å²) in [5.74, 6) is 0.635. The maximum atomic E-state index is 12.3. The van der Waals surface area contributed by atoms with Crippen LogP contribution < -0.4 is 4.74 Å². The van der Waals surface area contributed by atoms with E-state index in [2.05, 4.69) is 11.0 Å². The Morgan fingerprint density at radius 2 is 1.92 bits per heavy atom. The van der Waals surface area contributed by atoms with Gasteiger partial charge in [0.15, 0.2) is 6.61 Å². The van der Waals surface area contributed by atoms with Crippen molar-refractivity contribution in [2.75, 3.05) is 32.8 Å². The Hall–Kier alpha value is -2.10. The molecule has 6 nitrogen and oxygen atoms in total. The predicted octanol–water partition coefficient (Wildman–Crippen LogP) is 1.19. The molecule has 0 bridgehead atoms. The molecule has 2 atom stereocenters. The molecule has 1 heterocycles. The highest BCUT2D eigenvalue weighted by Gasteiger charge is 2.33. The van der Waals surface area contributed by atoms with Crippen LogP contribution in [0, 0.1) is 11.3 Å². The zero-order chi connectivity index (χ0) is 17.6. The molecule has 6 heteroatoms. The highest BCUT2D eigenvalue weighted by Crippen LogP contribution is 2.25. The number of aliphatic hydroxyl groups is 1. The van der Waals surface area contributed by atoms with Gasteiger partial charge in [-0.1, -0.05) is 12.1 Å². The molecule has 2 aliphatic rings. The summed E-state index contributed by atoms with van der Waals surface area (Å²) in [5.41, 5.74) is 0.936. The average Bonchev–Trinajstić information content (AvgIpc) is 3.07. The van der Waals surface area contributed by atoms with E-state index in [-0.39, 0.29) is 24.7 Å². The molecule has 25 heavy (non-hydrogen) atoms. The summed E-state index contributed by atoms with van der Waals surface area (Å²) in [6.45, 7) is 3.04. The molecular formula is C19H25N3O3. The van der Waals surface area contributed by atoms with Crippen molar-refractivity contribution in [2.24, 2.45) is 0 Å². The number of hydrogen-bond donors (Lipinski definition) is 1. The lowest BCUT2D eigenvalue weighted by atomic mass is 10.1. The number of aliphatic hydroxyl groups excluding tert-OH is 1. The number of piperazine rings is 1. The molecule has 2 unspecified atom stereocenters. The quantitative estimate of drug-likeness (QED) is 0.869. The molecule has 1 aliphatic heterocycles. The molecule has 1 saturated carbocycles. The Bertz CT molecular complexity index is 618. The van der Waals surface area contributed by atoms with Gasteiger partial charge in [0, 0.05) is 32.2 Å². The molecule has 134 valence electrons. The molecule has 1 N–H and O–H groups in total. The highest BCUT2D eigenvalue weighted by molar-refractivity contribution is 5.77. The van der Waals surface area contributed by atoms with E-state index in [9.17, 15) is 9.90 Å². The van der Waals surface area contributed by atoms with Crippen LogP contribution in [0.4, 0.5) is 0 Å². The fourth-order valence-electron chi connectivity index (χ4n) is 3.68. The van der Waals surface area contributed by atoms with Crippen molar-refractivity contribution in [1.82, 2.24) is 9.80 Å². The number of nitriles is 1. The van der Waals surface area contributed by atoms with Gasteiger partial charge < -0.3 is 14.7 Å². The number of benzene rings is 1. The largest absolute Gasteiger partial charge is 0.484 e. The van der Waals surface area contributed by atoms with Crippen molar-refractivity contribution >= 4 is 5.91 Å². The van der Waals surface area contributed by atoms with Gasteiger partial charge in [-0.25, -0.2) is 0 Å². The molecule has 1 saturated heterocycles. The first kappa shape index (κ1) is 17.7. The fraction of sp³-hybridized carbons (Fsp3) is 0.579. The third kappa shape index (κ3) is 4.50. The molecule has 0 spiro atoms. The summed E-state index contributed by atoms with van der Waals surface area (Å²) in [5, 5.41) is 18.7. The van der Waals surface area contributed by atoms with Gasteiger partial charge >= 0.3 is 0 Å². The van der Waals surface area contributed by atoms with Crippen molar-refractivity contribution in [3.63, 3.8) is 0 Å². The van der Waals surface area contributed by atoms with Gasteiger partial charge in [-0.3, -0.25) is 9.69 Å². The van der Waals surface area contributed by atoms with Crippen LogP contribution in [0.25, 0.3) is 0 Å². The van der Waals surface area contributed by atoms with E-state index < -0.39 is 0 Å². The monoisotopic (exact) mass is 343 g/mol. The maximum Gasteiger partial charge on any atom is 0.260 e. The van der Waals surface area contributed by atoms with Gasteiger partial charge in [0.25, 0.3) is 5.91 Å². The van der Waals surface area contributed by atoms with E-state index in [0.717, 1.165) is 37.9 Å². The SMILES string of the molecule is N#CCc1ccc(OCC(=O)N2CCN(C3CCCC3O)CC2)cc1. The van der Waals surface area contributed by atoms with Gasteiger partial charge in [-0.15, -0.1) is 0 Å². The lowest BCUT2D eigenvalue weighted by Gasteiger charge is -2.39. The van der Waals surface area contributed by atoms with Crippen molar-refractivity contribution in [3.05, 3.63) is 29.8 Å². The van der Waals surface area contributed by atoms with E-state index in [1.54, 1.807) is 12.1 Å². The van der Waals surface area contributed by atoms with Crippen LogP contribution in [0.5, 0.6) is 5.75 Å². The Morgan fingerprint density at radius 1 is 1.20 bits per heavy atom. The smallest absolute Gasteiger partial charge is 0.260 e. The van der Waals surface area contributed by atoms with Crippen molar-refractivity contribution in [3.8, 4) is 11.8 Å². The maximum absolute atomic E-state index is 12.3. The van der Waals surface area contributed by atoms with Crippen LogP contribution in [0.1, 0.15) is 24.8 Å². The van der Waals surface area contributed by atoms with Crippen molar-refractivity contribution in [1.29, 1.82) is 5.26 Å². The molecule has 1 aromatic carbocycles. The summed E-state index contributed by atoms with van der Waals surface area (Å²) >= 11 is 0. The highest BCUT2D eigenvalue weighted by atomic mass is 16.5. The summed E-state index contributed by atoms with van der Waals surface area (Å²) < 4.78 is 5.57. The topological polar surface area (TPSA) is 76.8 Å². The van der Waals surface area contributed by atoms with Crippen LogP contribution in [-0.2, 0) is 11.2 Å².